The molecule has 68 valence electrons. The molecule has 0 saturated heterocycles. The molecule has 0 amide bonds. The van der Waals surface area contributed by atoms with Gasteiger partial charge < -0.3 is 10.3 Å². The highest BCUT2D eigenvalue weighted by atomic mass is 14.8. The minimum atomic E-state index is 1.16. The molecule has 0 unspecified atom stereocenters. The molecule has 1 aromatic heterocycles. The van der Waals surface area contributed by atoms with Gasteiger partial charge in [-0.15, -0.1) is 0 Å². The molecule has 1 aromatic carbocycles. The lowest BCUT2D eigenvalue weighted by atomic mass is 10.1. The predicted octanol–water partition coefficient (Wildman–Crippen LogP) is 2.71. The predicted molar refractivity (Wildman–Crippen MR) is 59.5 cm³/mol. The van der Waals surface area contributed by atoms with Gasteiger partial charge in [-0.25, -0.2) is 0 Å². The highest BCUT2D eigenvalue weighted by Crippen LogP contribution is 2.25. The van der Waals surface area contributed by atoms with Crippen molar-refractivity contribution in [2.45, 2.75) is 0 Å². The van der Waals surface area contributed by atoms with Gasteiger partial charge in [0.2, 0.25) is 0 Å². The van der Waals surface area contributed by atoms with Crippen molar-refractivity contribution in [2.24, 2.45) is 0 Å². The van der Waals surface area contributed by atoms with Crippen LogP contribution in [0.3, 0.4) is 0 Å². The number of hydrogen-bond donors (Lipinski definition) is 2. The zero-order chi connectivity index (χ0) is 9.38. The Kier molecular flexibility index (Phi) is 1.47. The Morgan fingerprint density at radius 3 is 2.79 bits per heavy atom. The molecule has 0 aliphatic carbocycles. The van der Waals surface area contributed by atoms with Crippen molar-refractivity contribution in [3.05, 3.63) is 47.9 Å². The summed E-state index contributed by atoms with van der Waals surface area (Å²) in [6.45, 7) is 0. The van der Waals surface area contributed by atoms with Gasteiger partial charge in [0.05, 0.1) is 0 Å². The molecule has 1 aliphatic rings. The van der Waals surface area contributed by atoms with Gasteiger partial charge in [-0.3, -0.25) is 0 Å². The van der Waals surface area contributed by atoms with Gasteiger partial charge in [0, 0.05) is 34.6 Å². The van der Waals surface area contributed by atoms with Crippen LogP contribution in [0.4, 0.5) is 0 Å². The summed E-state index contributed by atoms with van der Waals surface area (Å²) < 4.78 is 0. The normalized spacial score (nSPS) is 13.7. The second kappa shape index (κ2) is 2.77. The van der Waals surface area contributed by atoms with E-state index in [1.165, 1.54) is 16.5 Å². The number of aromatic amines is 1. The lowest BCUT2D eigenvalue weighted by molar-refractivity contribution is 1.22. The standard InChI is InChI=1S/C12H10N2/c1-2-4-11-9(3-1)10-5-7-13-8-6-12(10)14-11/h1-8,13-14H. The van der Waals surface area contributed by atoms with E-state index in [0.29, 0.717) is 0 Å². The van der Waals surface area contributed by atoms with Crippen molar-refractivity contribution < 1.29 is 0 Å². The second-order valence-electron chi connectivity index (χ2n) is 3.33. The molecule has 0 atom stereocenters. The number of nitrogens with one attached hydrogen (secondary N) is 2. The van der Waals surface area contributed by atoms with Crippen LogP contribution in [-0.4, -0.2) is 4.98 Å². The van der Waals surface area contributed by atoms with E-state index in [-0.39, 0.29) is 0 Å². The van der Waals surface area contributed by atoms with Crippen LogP contribution >= 0.6 is 0 Å². The number of H-pyrrole nitrogens is 1. The Morgan fingerprint density at radius 2 is 1.79 bits per heavy atom. The average Bonchev–Trinajstić information content (AvgIpc) is 2.42. The Balaban J connectivity index is 2.41. The second-order valence-corrected chi connectivity index (χ2v) is 3.33. The fraction of sp³-hybridized carbons (Fsp3) is 0. The quantitative estimate of drug-likeness (QED) is 0.644. The lowest BCUT2D eigenvalue weighted by Crippen LogP contribution is -1.87. The van der Waals surface area contributed by atoms with Crippen molar-refractivity contribution >= 4 is 23.1 Å². The third-order valence-electron chi connectivity index (χ3n) is 2.47. The third kappa shape index (κ3) is 0.973. The van der Waals surface area contributed by atoms with Gasteiger partial charge in [0.25, 0.3) is 0 Å². The lowest BCUT2D eigenvalue weighted by Gasteiger charge is -1.90. The number of hydrogen-bond acceptors (Lipinski definition) is 1. The van der Waals surface area contributed by atoms with Crippen LogP contribution in [0.25, 0.3) is 23.1 Å². The number of fused-ring (bicyclic) bond motifs is 3. The molecule has 0 saturated carbocycles. The molecule has 2 heteroatoms. The van der Waals surface area contributed by atoms with Gasteiger partial charge in [-0.05, 0) is 18.2 Å². The number of para-hydroxylation sites is 1. The summed E-state index contributed by atoms with van der Waals surface area (Å²) in [5.74, 6) is 0. The monoisotopic (exact) mass is 182 g/mol. The Hall–Kier alpha value is -1.96. The van der Waals surface area contributed by atoms with E-state index >= 15 is 0 Å². The molecule has 0 radical (unpaired) electrons. The van der Waals surface area contributed by atoms with Crippen molar-refractivity contribution in [3.63, 3.8) is 0 Å². The van der Waals surface area contributed by atoms with Crippen LogP contribution < -0.4 is 5.32 Å². The third-order valence-corrected chi connectivity index (χ3v) is 2.47. The zero-order valence-electron chi connectivity index (χ0n) is 7.62. The van der Waals surface area contributed by atoms with E-state index in [9.17, 15) is 0 Å². The first-order valence-electron chi connectivity index (χ1n) is 4.65. The minimum absolute atomic E-state index is 1.16. The molecule has 0 fully saturated rings. The van der Waals surface area contributed by atoms with Gasteiger partial charge in [-0.2, -0.15) is 0 Å². The molecule has 0 spiro atoms. The molecule has 2 N–H and O–H groups in total. The summed E-state index contributed by atoms with van der Waals surface area (Å²) in [6, 6.07) is 8.34. The fourth-order valence-electron chi connectivity index (χ4n) is 1.81. The van der Waals surface area contributed by atoms with Gasteiger partial charge >= 0.3 is 0 Å². The van der Waals surface area contributed by atoms with E-state index in [1.54, 1.807) is 0 Å². The van der Waals surface area contributed by atoms with Gasteiger partial charge in [-0.1, -0.05) is 18.2 Å². The van der Waals surface area contributed by atoms with E-state index < -0.39 is 0 Å². The van der Waals surface area contributed by atoms with E-state index in [2.05, 4.69) is 40.7 Å². The average molecular weight is 182 g/mol. The maximum atomic E-state index is 3.38. The summed E-state index contributed by atoms with van der Waals surface area (Å²) >= 11 is 0. The van der Waals surface area contributed by atoms with E-state index in [4.69, 9.17) is 0 Å². The summed E-state index contributed by atoms with van der Waals surface area (Å²) in [5.41, 5.74) is 3.60. The first-order chi connectivity index (χ1) is 6.95. The van der Waals surface area contributed by atoms with Crippen molar-refractivity contribution in [1.29, 1.82) is 0 Å². The molecule has 14 heavy (non-hydrogen) atoms. The van der Waals surface area contributed by atoms with Gasteiger partial charge in [0.1, 0.15) is 0 Å². The first kappa shape index (κ1) is 7.44. The Morgan fingerprint density at radius 1 is 0.929 bits per heavy atom. The molecule has 2 aromatic rings. The number of aromatic nitrogens is 1. The van der Waals surface area contributed by atoms with Crippen LogP contribution in [0.1, 0.15) is 11.3 Å². The maximum Gasteiger partial charge on any atom is 0.0479 e. The fourth-order valence-corrected chi connectivity index (χ4v) is 1.81. The largest absolute Gasteiger partial charge is 0.368 e. The van der Waals surface area contributed by atoms with Crippen LogP contribution in [0.2, 0.25) is 0 Å². The molecule has 2 nitrogen and oxygen atoms in total. The van der Waals surface area contributed by atoms with E-state index in [0.717, 1.165) is 5.69 Å². The van der Waals surface area contributed by atoms with Crippen LogP contribution in [0.15, 0.2) is 36.7 Å². The Bertz CT molecular complexity index is 532. The van der Waals surface area contributed by atoms with E-state index in [1.807, 2.05) is 18.5 Å². The van der Waals surface area contributed by atoms with Crippen LogP contribution in [0, 0.1) is 0 Å². The van der Waals surface area contributed by atoms with Crippen molar-refractivity contribution in [3.8, 4) is 0 Å². The van der Waals surface area contributed by atoms with Crippen molar-refractivity contribution in [1.82, 2.24) is 10.3 Å². The highest BCUT2D eigenvalue weighted by molar-refractivity contribution is 5.93. The smallest absolute Gasteiger partial charge is 0.0479 e. The summed E-state index contributed by atoms with van der Waals surface area (Å²) in [4.78, 5) is 3.38. The summed E-state index contributed by atoms with van der Waals surface area (Å²) in [7, 11) is 0. The minimum Gasteiger partial charge on any atom is -0.368 e. The summed E-state index contributed by atoms with van der Waals surface area (Å²) in [5, 5.41) is 4.33. The van der Waals surface area contributed by atoms with Gasteiger partial charge in [0.15, 0.2) is 0 Å². The number of rotatable bonds is 0. The molecular formula is C12H10N2. The molecule has 3 rings (SSSR count). The first-order valence-corrected chi connectivity index (χ1v) is 4.65. The Labute approximate surface area is 81.9 Å². The molecular weight excluding hydrogens is 172 g/mol. The van der Waals surface area contributed by atoms with Crippen LogP contribution in [-0.2, 0) is 0 Å². The van der Waals surface area contributed by atoms with Crippen molar-refractivity contribution in [2.75, 3.05) is 0 Å². The topological polar surface area (TPSA) is 27.8 Å². The molecule has 2 heterocycles. The maximum absolute atomic E-state index is 3.38. The molecule has 1 aliphatic heterocycles. The summed E-state index contributed by atoms with van der Waals surface area (Å²) in [6.07, 6.45) is 8.02. The zero-order valence-corrected chi connectivity index (χ0v) is 7.62. The SMILES string of the molecule is C1=Cc2[nH]c3ccccc3c2C=CN1. The van der Waals surface area contributed by atoms with Crippen LogP contribution in [0.5, 0.6) is 0 Å². The number of benzene rings is 1. The molecule has 0 bridgehead atoms. The highest BCUT2D eigenvalue weighted by Gasteiger charge is 2.06.